The Kier molecular flexibility index (Phi) is 4.28. The van der Waals surface area contributed by atoms with Crippen molar-refractivity contribution in [3.05, 3.63) is 35.0 Å². The smallest absolute Gasteiger partial charge is 0.0495 e. The Balaban J connectivity index is 1.97. The van der Waals surface area contributed by atoms with Crippen molar-refractivity contribution in [2.24, 2.45) is 24.6 Å². The summed E-state index contributed by atoms with van der Waals surface area (Å²) in [5.41, 5.74) is 8.78. The molecule has 21 heavy (non-hydrogen) atoms. The summed E-state index contributed by atoms with van der Waals surface area (Å²) in [4.78, 5) is 0. The Morgan fingerprint density at radius 3 is 2.67 bits per heavy atom. The molecule has 1 atom stereocenters. The van der Waals surface area contributed by atoms with Crippen LogP contribution in [0.4, 0.5) is 0 Å². The molecule has 0 amide bonds. The fourth-order valence-electron chi connectivity index (χ4n) is 3.95. The third-order valence-electron chi connectivity index (χ3n) is 5.27. The van der Waals surface area contributed by atoms with Gasteiger partial charge in [0, 0.05) is 35.1 Å². The zero-order valence-corrected chi connectivity index (χ0v) is 13.7. The second kappa shape index (κ2) is 6.02. The number of rotatable bonds is 3. The van der Waals surface area contributed by atoms with Gasteiger partial charge in [-0.3, -0.25) is 0 Å². The summed E-state index contributed by atoms with van der Waals surface area (Å²) in [5.74, 6) is 2.08. The molecule has 0 radical (unpaired) electrons. The van der Waals surface area contributed by atoms with Gasteiger partial charge in [-0.1, -0.05) is 37.4 Å². The summed E-state index contributed by atoms with van der Waals surface area (Å²) in [6.07, 6.45) is 7.58. The van der Waals surface area contributed by atoms with Crippen molar-refractivity contribution in [2.45, 2.75) is 38.5 Å². The monoisotopic (exact) mass is 304 g/mol. The number of hydrogen-bond acceptors (Lipinski definition) is 1. The number of hydrogen-bond donors (Lipinski definition) is 1. The van der Waals surface area contributed by atoms with Gasteiger partial charge in [0.1, 0.15) is 0 Å². The molecular formula is C18H25ClN2. The maximum absolute atomic E-state index is 6.17. The molecule has 114 valence electrons. The first-order valence-electron chi connectivity index (χ1n) is 8.04. The number of benzene rings is 1. The highest BCUT2D eigenvalue weighted by Gasteiger charge is 2.28. The number of aromatic nitrogens is 1. The van der Waals surface area contributed by atoms with E-state index in [-0.39, 0.29) is 0 Å². The molecule has 1 heterocycles. The van der Waals surface area contributed by atoms with Crippen LogP contribution in [0.25, 0.3) is 10.9 Å². The molecule has 0 bridgehead atoms. The minimum absolute atomic E-state index is 0.474. The highest BCUT2D eigenvalue weighted by Crippen LogP contribution is 2.40. The molecule has 2 N–H and O–H groups in total. The van der Waals surface area contributed by atoms with Gasteiger partial charge in [0.15, 0.2) is 0 Å². The summed E-state index contributed by atoms with van der Waals surface area (Å²) in [6.45, 7) is 3.11. The van der Waals surface area contributed by atoms with Crippen LogP contribution in [0, 0.1) is 11.8 Å². The molecule has 0 spiro atoms. The van der Waals surface area contributed by atoms with Crippen molar-refractivity contribution in [3.8, 4) is 0 Å². The van der Waals surface area contributed by atoms with Crippen LogP contribution < -0.4 is 5.73 Å². The predicted molar refractivity (Wildman–Crippen MR) is 90.8 cm³/mol. The van der Waals surface area contributed by atoms with E-state index in [1.807, 2.05) is 6.07 Å². The van der Waals surface area contributed by atoms with Crippen LogP contribution in [0.2, 0.25) is 5.02 Å². The van der Waals surface area contributed by atoms with E-state index in [9.17, 15) is 0 Å². The fourth-order valence-corrected chi connectivity index (χ4v) is 4.11. The normalized spacial score (nSPS) is 24.4. The Labute approximate surface area is 132 Å². The highest BCUT2D eigenvalue weighted by atomic mass is 35.5. The van der Waals surface area contributed by atoms with Gasteiger partial charge >= 0.3 is 0 Å². The van der Waals surface area contributed by atoms with Crippen LogP contribution in [0.15, 0.2) is 24.4 Å². The van der Waals surface area contributed by atoms with Gasteiger partial charge in [-0.15, -0.1) is 0 Å². The van der Waals surface area contributed by atoms with Gasteiger partial charge in [-0.05, 0) is 48.9 Å². The van der Waals surface area contributed by atoms with Crippen molar-refractivity contribution in [1.29, 1.82) is 0 Å². The van der Waals surface area contributed by atoms with Crippen molar-refractivity contribution in [3.63, 3.8) is 0 Å². The van der Waals surface area contributed by atoms with Gasteiger partial charge in [0.2, 0.25) is 0 Å². The number of halogens is 1. The third-order valence-corrected chi connectivity index (χ3v) is 5.50. The molecular weight excluding hydrogens is 280 g/mol. The Hall–Kier alpha value is -0.990. The lowest BCUT2D eigenvalue weighted by molar-refractivity contribution is 0.256. The van der Waals surface area contributed by atoms with E-state index >= 15 is 0 Å². The van der Waals surface area contributed by atoms with Gasteiger partial charge in [-0.2, -0.15) is 0 Å². The lowest BCUT2D eigenvalue weighted by Gasteiger charge is -2.32. The van der Waals surface area contributed by atoms with Crippen molar-refractivity contribution < 1.29 is 0 Å². The predicted octanol–water partition coefficient (Wildman–Crippen LogP) is 4.70. The molecule has 1 aliphatic rings. The fraction of sp³-hybridized carbons (Fsp3) is 0.556. The first-order chi connectivity index (χ1) is 10.1. The maximum Gasteiger partial charge on any atom is 0.0495 e. The molecule has 1 aliphatic carbocycles. The molecule has 3 heteroatoms. The number of nitrogens with zero attached hydrogens (tertiary/aromatic N) is 1. The first-order valence-corrected chi connectivity index (χ1v) is 8.42. The van der Waals surface area contributed by atoms with E-state index in [1.54, 1.807) is 0 Å². The lowest BCUT2D eigenvalue weighted by atomic mass is 9.74. The van der Waals surface area contributed by atoms with Crippen molar-refractivity contribution >= 4 is 22.5 Å². The third kappa shape index (κ3) is 2.84. The zero-order chi connectivity index (χ0) is 15.0. The molecule has 1 saturated carbocycles. The number of aryl methyl sites for hydroxylation is 1. The van der Waals surface area contributed by atoms with Crippen LogP contribution in [0.1, 0.15) is 44.1 Å². The molecule has 1 aromatic heterocycles. The SMILES string of the molecule is CC1CCC(C(CN)c2cn(C)c3cc(Cl)ccc23)CC1. The van der Waals surface area contributed by atoms with Crippen LogP contribution in [-0.4, -0.2) is 11.1 Å². The van der Waals surface area contributed by atoms with Crippen LogP contribution >= 0.6 is 11.6 Å². The lowest BCUT2D eigenvalue weighted by Crippen LogP contribution is -2.25. The standard InChI is InChI=1S/C18H25ClN2/c1-12-3-5-13(6-4-12)16(10-20)17-11-21(2)18-9-14(19)7-8-15(17)18/h7-9,11-13,16H,3-6,10,20H2,1-2H3. The molecule has 1 aromatic carbocycles. The molecule has 2 aromatic rings. The van der Waals surface area contributed by atoms with E-state index in [4.69, 9.17) is 17.3 Å². The zero-order valence-electron chi connectivity index (χ0n) is 13.0. The van der Waals surface area contributed by atoms with Crippen LogP contribution in [-0.2, 0) is 7.05 Å². The average molecular weight is 305 g/mol. The highest BCUT2D eigenvalue weighted by molar-refractivity contribution is 6.31. The topological polar surface area (TPSA) is 30.9 Å². The van der Waals surface area contributed by atoms with Crippen molar-refractivity contribution in [2.75, 3.05) is 6.54 Å². The Bertz CT molecular complexity index is 623. The summed E-state index contributed by atoms with van der Waals surface area (Å²) in [6, 6.07) is 6.20. The largest absolute Gasteiger partial charge is 0.350 e. The second-order valence-electron chi connectivity index (χ2n) is 6.72. The molecule has 0 saturated heterocycles. The Morgan fingerprint density at radius 2 is 2.00 bits per heavy atom. The van der Waals surface area contributed by atoms with E-state index in [0.29, 0.717) is 5.92 Å². The van der Waals surface area contributed by atoms with Crippen LogP contribution in [0.3, 0.4) is 0 Å². The molecule has 1 unspecified atom stereocenters. The van der Waals surface area contributed by atoms with Gasteiger partial charge < -0.3 is 10.3 Å². The maximum atomic E-state index is 6.17. The minimum atomic E-state index is 0.474. The summed E-state index contributed by atoms with van der Waals surface area (Å²) in [5, 5.41) is 2.11. The van der Waals surface area contributed by atoms with E-state index < -0.39 is 0 Å². The van der Waals surface area contributed by atoms with E-state index in [0.717, 1.165) is 23.4 Å². The Morgan fingerprint density at radius 1 is 1.29 bits per heavy atom. The van der Waals surface area contributed by atoms with Crippen LogP contribution in [0.5, 0.6) is 0 Å². The first kappa shape index (κ1) is 14.9. The second-order valence-corrected chi connectivity index (χ2v) is 7.16. The minimum Gasteiger partial charge on any atom is -0.350 e. The van der Waals surface area contributed by atoms with Gasteiger partial charge in [0.05, 0.1) is 0 Å². The number of nitrogens with two attached hydrogens (primary N) is 1. The molecule has 1 fully saturated rings. The van der Waals surface area contributed by atoms with Crippen molar-refractivity contribution in [1.82, 2.24) is 4.57 Å². The molecule has 2 nitrogen and oxygen atoms in total. The summed E-state index contributed by atoms with van der Waals surface area (Å²) >= 11 is 6.14. The summed E-state index contributed by atoms with van der Waals surface area (Å²) in [7, 11) is 2.10. The average Bonchev–Trinajstić information content (AvgIpc) is 2.79. The van der Waals surface area contributed by atoms with Gasteiger partial charge in [0.25, 0.3) is 0 Å². The van der Waals surface area contributed by atoms with E-state index in [2.05, 4.69) is 36.9 Å². The summed E-state index contributed by atoms with van der Waals surface area (Å²) < 4.78 is 2.19. The molecule has 3 rings (SSSR count). The number of fused-ring (bicyclic) bond motifs is 1. The molecule has 0 aliphatic heterocycles. The van der Waals surface area contributed by atoms with E-state index in [1.165, 1.54) is 42.1 Å². The quantitative estimate of drug-likeness (QED) is 0.875. The van der Waals surface area contributed by atoms with Gasteiger partial charge in [-0.25, -0.2) is 0 Å².